The van der Waals surface area contributed by atoms with E-state index in [-0.39, 0.29) is 5.91 Å². The van der Waals surface area contributed by atoms with Crippen LogP contribution in [0.2, 0.25) is 0 Å². The van der Waals surface area contributed by atoms with E-state index in [1.165, 1.54) is 58.0 Å². The third-order valence-electron chi connectivity index (χ3n) is 4.87. The van der Waals surface area contributed by atoms with Crippen molar-refractivity contribution in [1.29, 1.82) is 0 Å². The minimum atomic E-state index is 0.178. The standard InChI is InChI=1S/C15H27N3O/c19-15(10-16-13-3-1-2-4-13)17-9-12-7-8-18(11-12)14-5-6-14/h12-14,16H,1-11H2,(H,17,19). The smallest absolute Gasteiger partial charge is 0.233 e. The molecular weight excluding hydrogens is 238 g/mol. The van der Waals surface area contributed by atoms with Gasteiger partial charge in [-0.3, -0.25) is 4.79 Å². The molecule has 1 atom stereocenters. The molecule has 2 N–H and O–H groups in total. The molecule has 1 heterocycles. The molecule has 1 unspecified atom stereocenters. The van der Waals surface area contributed by atoms with Crippen molar-refractivity contribution < 1.29 is 4.79 Å². The van der Waals surface area contributed by atoms with Crippen molar-refractivity contribution in [3.05, 3.63) is 0 Å². The third-order valence-corrected chi connectivity index (χ3v) is 4.87. The molecule has 3 fully saturated rings. The van der Waals surface area contributed by atoms with Crippen LogP contribution in [-0.2, 0) is 4.79 Å². The number of carbonyl (C=O) groups excluding carboxylic acids is 1. The Morgan fingerprint density at radius 3 is 2.63 bits per heavy atom. The van der Waals surface area contributed by atoms with Gasteiger partial charge < -0.3 is 15.5 Å². The highest BCUT2D eigenvalue weighted by atomic mass is 16.1. The van der Waals surface area contributed by atoms with Crippen LogP contribution in [-0.4, -0.2) is 49.1 Å². The van der Waals surface area contributed by atoms with E-state index < -0.39 is 0 Å². The maximum Gasteiger partial charge on any atom is 0.233 e. The number of hydrogen-bond acceptors (Lipinski definition) is 3. The predicted molar refractivity (Wildman–Crippen MR) is 76.0 cm³/mol. The molecule has 0 spiro atoms. The van der Waals surface area contributed by atoms with Crippen molar-refractivity contribution >= 4 is 5.91 Å². The highest BCUT2D eigenvalue weighted by Gasteiger charge is 2.34. The Bertz CT molecular complexity index is 311. The van der Waals surface area contributed by atoms with Crippen molar-refractivity contribution in [3.8, 4) is 0 Å². The fourth-order valence-corrected chi connectivity index (χ4v) is 3.49. The summed E-state index contributed by atoms with van der Waals surface area (Å²) in [5, 5.41) is 6.47. The van der Waals surface area contributed by atoms with Crippen LogP contribution < -0.4 is 10.6 Å². The van der Waals surface area contributed by atoms with Gasteiger partial charge in [-0.15, -0.1) is 0 Å². The molecule has 0 aromatic heterocycles. The lowest BCUT2D eigenvalue weighted by atomic mass is 10.1. The Labute approximate surface area is 116 Å². The van der Waals surface area contributed by atoms with E-state index in [2.05, 4.69) is 15.5 Å². The van der Waals surface area contributed by atoms with Gasteiger partial charge in [0.2, 0.25) is 5.91 Å². The van der Waals surface area contributed by atoms with E-state index in [1.807, 2.05) is 0 Å². The van der Waals surface area contributed by atoms with Crippen LogP contribution in [0.25, 0.3) is 0 Å². The quantitative estimate of drug-likeness (QED) is 0.756. The van der Waals surface area contributed by atoms with Gasteiger partial charge in [-0.1, -0.05) is 12.8 Å². The van der Waals surface area contributed by atoms with Crippen molar-refractivity contribution in [3.63, 3.8) is 0 Å². The maximum atomic E-state index is 11.8. The van der Waals surface area contributed by atoms with Crippen LogP contribution in [0.3, 0.4) is 0 Å². The zero-order valence-corrected chi connectivity index (χ0v) is 11.9. The summed E-state index contributed by atoms with van der Waals surface area (Å²) >= 11 is 0. The first-order valence-electron chi connectivity index (χ1n) is 8.05. The van der Waals surface area contributed by atoms with Gasteiger partial charge >= 0.3 is 0 Å². The zero-order valence-electron chi connectivity index (χ0n) is 11.9. The lowest BCUT2D eigenvalue weighted by molar-refractivity contribution is -0.120. The molecule has 19 heavy (non-hydrogen) atoms. The fraction of sp³-hybridized carbons (Fsp3) is 0.933. The van der Waals surface area contributed by atoms with Gasteiger partial charge in [0.05, 0.1) is 6.54 Å². The lowest BCUT2D eigenvalue weighted by Gasteiger charge is -2.16. The predicted octanol–water partition coefficient (Wildman–Crippen LogP) is 1.12. The lowest BCUT2D eigenvalue weighted by Crippen LogP contribution is -2.40. The van der Waals surface area contributed by atoms with Crippen molar-refractivity contribution in [2.45, 2.75) is 57.0 Å². The summed E-state index contributed by atoms with van der Waals surface area (Å²) in [4.78, 5) is 14.4. The largest absolute Gasteiger partial charge is 0.355 e. The number of rotatable bonds is 6. The van der Waals surface area contributed by atoms with Crippen LogP contribution >= 0.6 is 0 Å². The van der Waals surface area contributed by atoms with Crippen LogP contribution in [0, 0.1) is 5.92 Å². The molecule has 108 valence electrons. The highest BCUT2D eigenvalue weighted by molar-refractivity contribution is 5.78. The summed E-state index contributed by atoms with van der Waals surface area (Å²) < 4.78 is 0. The second-order valence-electron chi connectivity index (χ2n) is 6.55. The van der Waals surface area contributed by atoms with E-state index in [4.69, 9.17) is 0 Å². The highest BCUT2D eigenvalue weighted by Crippen LogP contribution is 2.31. The van der Waals surface area contributed by atoms with Gasteiger partial charge in [-0.25, -0.2) is 0 Å². The van der Waals surface area contributed by atoms with Crippen molar-refractivity contribution in [2.24, 2.45) is 5.92 Å². The van der Waals surface area contributed by atoms with Crippen LogP contribution in [0.5, 0.6) is 0 Å². The minimum absolute atomic E-state index is 0.178. The number of nitrogens with zero attached hydrogens (tertiary/aromatic N) is 1. The molecular formula is C15H27N3O. The monoisotopic (exact) mass is 265 g/mol. The van der Waals surface area contributed by atoms with E-state index in [0.717, 1.165) is 12.6 Å². The Hall–Kier alpha value is -0.610. The van der Waals surface area contributed by atoms with E-state index in [9.17, 15) is 4.79 Å². The summed E-state index contributed by atoms with van der Waals surface area (Å²) in [6.07, 6.45) is 9.16. The topological polar surface area (TPSA) is 44.4 Å². The molecule has 0 radical (unpaired) electrons. The summed E-state index contributed by atoms with van der Waals surface area (Å²) in [5.41, 5.74) is 0. The number of hydrogen-bond donors (Lipinski definition) is 2. The number of amides is 1. The van der Waals surface area contributed by atoms with Crippen LogP contribution in [0.4, 0.5) is 0 Å². The number of likely N-dealkylation sites (tertiary alicyclic amines) is 1. The second kappa shape index (κ2) is 6.23. The zero-order chi connectivity index (χ0) is 13.1. The first-order valence-corrected chi connectivity index (χ1v) is 8.05. The molecule has 4 heteroatoms. The van der Waals surface area contributed by atoms with Crippen LogP contribution in [0.1, 0.15) is 44.9 Å². The Morgan fingerprint density at radius 2 is 1.89 bits per heavy atom. The van der Waals surface area contributed by atoms with E-state index >= 15 is 0 Å². The molecule has 3 aliphatic rings. The van der Waals surface area contributed by atoms with Gasteiger partial charge in [-0.2, -0.15) is 0 Å². The Morgan fingerprint density at radius 1 is 1.11 bits per heavy atom. The van der Waals surface area contributed by atoms with Crippen molar-refractivity contribution in [1.82, 2.24) is 15.5 Å². The first kappa shape index (κ1) is 13.4. The van der Waals surface area contributed by atoms with Crippen molar-refractivity contribution in [2.75, 3.05) is 26.2 Å². The van der Waals surface area contributed by atoms with Gasteiger partial charge in [0, 0.05) is 25.2 Å². The Kier molecular flexibility index (Phi) is 4.38. The second-order valence-corrected chi connectivity index (χ2v) is 6.55. The molecule has 1 aliphatic heterocycles. The molecule has 1 saturated heterocycles. The minimum Gasteiger partial charge on any atom is -0.355 e. The average Bonchev–Trinajstić information content (AvgIpc) is 2.95. The molecule has 4 nitrogen and oxygen atoms in total. The molecule has 0 aromatic carbocycles. The maximum absolute atomic E-state index is 11.8. The SMILES string of the molecule is O=C(CNC1CCCC1)NCC1CCN(C2CC2)C1. The number of carbonyl (C=O) groups is 1. The van der Waals surface area contributed by atoms with Gasteiger partial charge in [0.15, 0.2) is 0 Å². The molecule has 2 saturated carbocycles. The van der Waals surface area contributed by atoms with Gasteiger partial charge in [0.1, 0.15) is 0 Å². The Balaban J connectivity index is 1.27. The van der Waals surface area contributed by atoms with Gasteiger partial charge in [0.25, 0.3) is 0 Å². The summed E-state index contributed by atoms with van der Waals surface area (Å²) in [6.45, 7) is 3.81. The molecule has 2 aliphatic carbocycles. The molecule has 0 aromatic rings. The van der Waals surface area contributed by atoms with Crippen LogP contribution in [0.15, 0.2) is 0 Å². The van der Waals surface area contributed by atoms with Gasteiger partial charge in [-0.05, 0) is 44.6 Å². The number of nitrogens with one attached hydrogen (secondary N) is 2. The first-order chi connectivity index (χ1) is 9.31. The fourth-order valence-electron chi connectivity index (χ4n) is 3.49. The summed E-state index contributed by atoms with van der Waals surface area (Å²) in [5.74, 6) is 0.854. The average molecular weight is 265 g/mol. The van der Waals surface area contributed by atoms with E-state index in [1.54, 1.807) is 0 Å². The summed E-state index contributed by atoms with van der Waals surface area (Å²) in [7, 11) is 0. The molecule has 3 rings (SSSR count). The van der Waals surface area contributed by atoms with E-state index in [0.29, 0.717) is 18.5 Å². The summed E-state index contributed by atoms with van der Waals surface area (Å²) in [6, 6.07) is 1.47. The third kappa shape index (κ3) is 3.93. The molecule has 0 bridgehead atoms. The normalized spacial score (nSPS) is 28.9. The molecule has 1 amide bonds.